The molecule has 0 aromatic heterocycles. The molecule has 1 aliphatic carbocycles. The zero-order valence-electron chi connectivity index (χ0n) is 13.8. The molecule has 0 saturated carbocycles. The second-order valence-electron chi connectivity index (χ2n) is 5.78. The summed E-state index contributed by atoms with van der Waals surface area (Å²) < 4.78 is 27.4. The van der Waals surface area contributed by atoms with Gasteiger partial charge in [0, 0.05) is 18.7 Å². The number of hydrogen-bond acceptors (Lipinski definition) is 3. The molecule has 1 amide bonds. The van der Waals surface area contributed by atoms with Crippen molar-refractivity contribution in [2.24, 2.45) is 0 Å². The van der Waals surface area contributed by atoms with Crippen LogP contribution in [-0.2, 0) is 10.0 Å². The van der Waals surface area contributed by atoms with Gasteiger partial charge in [-0.05, 0) is 50.3 Å². The lowest BCUT2D eigenvalue weighted by atomic mass is 9.97. The Labute approximate surface area is 143 Å². The first-order chi connectivity index (χ1) is 11.5. The number of carbonyl (C=O) groups excluding carboxylic acids is 1. The Morgan fingerprint density at radius 2 is 2.12 bits per heavy atom. The predicted molar refractivity (Wildman–Crippen MR) is 95.3 cm³/mol. The summed E-state index contributed by atoms with van der Waals surface area (Å²) in [7, 11) is -3.61. The van der Waals surface area contributed by atoms with Crippen LogP contribution in [0.15, 0.2) is 53.5 Å². The zero-order valence-corrected chi connectivity index (χ0v) is 14.6. The number of sulfonamides is 1. The van der Waals surface area contributed by atoms with E-state index in [2.05, 4.69) is 22.7 Å². The van der Waals surface area contributed by atoms with E-state index in [9.17, 15) is 13.2 Å². The standard InChI is InChI=1S/C18H24N2O3S/c1-2-12-19-18(21)16-9-6-10-17(14-16)24(22,23)20-13-11-15-7-4-3-5-8-15/h2,6-7,9-10,14,20H,1,3-5,8,11-13H2,(H,19,21). The minimum atomic E-state index is -3.61. The summed E-state index contributed by atoms with van der Waals surface area (Å²) in [6, 6.07) is 6.04. The molecule has 2 N–H and O–H groups in total. The highest BCUT2D eigenvalue weighted by Gasteiger charge is 2.16. The minimum Gasteiger partial charge on any atom is -0.349 e. The minimum absolute atomic E-state index is 0.103. The van der Waals surface area contributed by atoms with Crippen molar-refractivity contribution in [1.29, 1.82) is 0 Å². The Balaban J connectivity index is 1.99. The number of amides is 1. The molecular weight excluding hydrogens is 324 g/mol. The molecule has 0 aliphatic heterocycles. The fourth-order valence-electron chi connectivity index (χ4n) is 2.63. The monoisotopic (exact) mass is 348 g/mol. The summed E-state index contributed by atoms with van der Waals surface area (Å²) >= 11 is 0. The molecule has 0 fully saturated rings. The molecule has 0 unspecified atom stereocenters. The van der Waals surface area contributed by atoms with Crippen LogP contribution < -0.4 is 10.0 Å². The second kappa shape index (κ2) is 8.80. The fraction of sp³-hybridized carbons (Fsp3) is 0.389. The van der Waals surface area contributed by atoms with Gasteiger partial charge in [-0.3, -0.25) is 4.79 Å². The SMILES string of the molecule is C=CCNC(=O)c1cccc(S(=O)(=O)NCCC2=CCCCC2)c1. The number of allylic oxidation sites excluding steroid dienone is 1. The molecule has 0 atom stereocenters. The average molecular weight is 348 g/mol. The Kier molecular flexibility index (Phi) is 6.75. The maximum absolute atomic E-state index is 12.4. The number of nitrogens with one attached hydrogen (secondary N) is 2. The van der Waals surface area contributed by atoms with Crippen molar-refractivity contribution >= 4 is 15.9 Å². The van der Waals surface area contributed by atoms with Crippen LogP contribution in [0.2, 0.25) is 0 Å². The van der Waals surface area contributed by atoms with E-state index in [0.29, 0.717) is 18.7 Å². The van der Waals surface area contributed by atoms with Gasteiger partial charge in [0.05, 0.1) is 4.90 Å². The molecule has 0 radical (unpaired) electrons. The molecule has 2 rings (SSSR count). The van der Waals surface area contributed by atoms with E-state index in [-0.39, 0.29) is 10.8 Å². The van der Waals surface area contributed by atoms with Crippen LogP contribution in [0.25, 0.3) is 0 Å². The van der Waals surface area contributed by atoms with Gasteiger partial charge >= 0.3 is 0 Å². The lowest BCUT2D eigenvalue weighted by Crippen LogP contribution is -2.26. The molecule has 6 heteroatoms. The van der Waals surface area contributed by atoms with E-state index in [4.69, 9.17) is 0 Å². The molecule has 1 aromatic carbocycles. The van der Waals surface area contributed by atoms with Crippen LogP contribution in [0.3, 0.4) is 0 Å². The molecule has 0 spiro atoms. The lowest BCUT2D eigenvalue weighted by molar-refractivity contribution is 0.0958. The van der Waals surface area contributed by atoms with Crippen molar-refractivity contribution in [1.82, 2.24) is 10.0 Å². The average Bonchev–Trinajstić information content (AvgIpc) is 2.60. The summed E-state index contributed by atoms with van der Waals surface area (Å²) in [6.07, 6.45) is 9.06. The van der Waals surface area contributed by atoms with Gasteiger partial charge in [0.2, 0.25) is 10.0 Å². The van der Waals surface area contributed by atoms with Crippen LogP contribution in [-0.4, -0.2) is 27.4 Å². The van der Waals surface area contributed by atoms with E-state index in [0.717, 1.165) is 19.3 Å². The normalized spacial score (nSPS) is 14.8. The van der Waals surface area contributed by atoms with Gasteiger partial charge in [-0.1, -0.05) is 23.8 Å². The third-order valence-electron chi connectivity index (χ3n) is 3.94. The highest BCUT2D eigenvalue weighted by molar-refractivity contribution is 7.89. The van der Waals surface area contributed by atoms with E-state index in [1.807, 2.05) is 0 Å². The third-order valence-corrected chi connectivity index (χ3v) is 5.40. The summed E-state index contributed by atoms with van der Waals surface area (Å²) in [5, 5.41) is 2.63. The van der Waals surface area contributed by atoms with Crippen molar-refractivity contribution in [2.75, 3.05) is 13.1 Å². The number of rotatable bonds is 8. The maximum atomic E-state index is 12.4. The molecule has 24 heavy (non-hydrogen) atoms. The Morgan fingerprint density at radius 1 is 1.29 bits per heavy atom. The van der Waals surface area contributed by atoms with Gasteiger partial charge in [0.25, 0.3) is 5.91 Å². The van der Waals surface area contributed by atoms with Crippen LogP contribution in [0.4, 0.5) is 0 Å². The predicted octanol–water partition coefficient (Wildman–Crippen LogP) is 2.77. The number of carbonyl (C=O) groups is 1. The van der Waals surface area contributed by atoms with Gasteiger partial charge in [-0.15, -0.1) is 6.58 Å². The Morgan fingerprint density at radius 3 is 2.83 bits per heavy atom. The van der Waals surface area contributed by atoms with Crippen molar-refractivity contribution in [2.45, 2.75) is 37.0 Å². The lowest BCUT2D eigenvalue weighted by Gasteiger charge is -2.13. The highest BCUT2D eigenvalue weighted by atomic mass is 32.2. The van der Waals surface area contributed by atoms with Crippen molar-refractivity contribution < 1.29 is 13.2 Å². The first-order valence-corrected chi connectivity index (χ1v) is 9.68. The molecular formula is C18H24N2O3S. The zero-order chi connectivity index (χ0) is 17.4. The quantitative estimate of drug-likeness (QED) is 0.709. The summed E-state index contributed by atoms with van der Waals surface area (Å²) in [5.41, 5.74) is 1.64. The molecule has 0 bridgehead atoms. The smallest absolute Gasteiger partial charge is 0.251 e. The van der Waals surface area contributed by atoms with Crippen LogP contribution in [0.5, 0.6) is 0 Å². The van der Waals surface area contributed by atoms with Crippen molar-refractivity contribution in [3.63, 3.8) is 0 Å². The fourth-order valence-corrected chi connectivity index (χ4v) is 3.71. The topological polar surface area (TPSA) is 75.3 Å². The first-order valence-electron chi connectivity index (χ1n) is 8.19. The molecule has 0 heterocycles. The molecule has 0 saturated heterocycles. The summed E-state index contributed by atoms with van der Waals surface area (Å²) in [5.74, 6) is -0.320. The molecule has 1 aliphatic rings. The van der Waals surface area contributed by atoms with Crippen LogP contribution in [0.1, 0.15) is 42.5 Å². The number of hydrogen-bond donors (Lipinski definition) is 2. The maximum Gasteiger partial charge on any atom is 0.251 e. The van der Waals surface area contributed by atoms with Gasteiger partial charge in [-0.25, -0.2) is 13.1 Å². The van der Waals surface area contributed by atoms with Crippen LogP contribution >= 0.6 is 0 Å². The van der Waals surface area contributed by atoms with Crippen LogP contribution in [0, 0.1) is 0 Å². The summed E-state index contributed by atoms with van der Waals surface area (Å²) in [4.78, 5) is 12.0. The Bertz CT molecular complexity index is 724. The van der Waals surface area contributed by atoms with Crippen molar-refractivity contribution in [3.8, 4) is 0 Å². The van der Waals surface area contributed by atoms with E-state index in [1.54, 1.807) is 18.2 Å². The van der Waals surface area contributed by atoms with Gasteiger partial charge < -0.3 is 5.32 Å². The van der Waals surface area contributed by atoms with E-state index in [1.165, 1.54) is 30.5 Å². The molecule has 130 valence electrons. The first kappa shape index (κ1) is 18.4. The highest BCUT2D eigenvalue weighted by Crippen LogP contribution is 2.20. The number of benzene rings is 1. The second-order valence-corrected chi connectivity index (χ2v) is 7.55. The molecule has 1 aromatic rings. The largest absolute Gasteiger partial charge is 0.349 e. The van der Waals surface area contributed by atoms with E-state index < -0.39 is 10.0 Å². The Hall–Kier alpha value is -1.92. The molecule has 5 nitrogen and oxygen atoms in total. The van der Waals surface area contributed by atoms with Crippen molar-refractivity contribution in [3.05, 3.63) is 54.1 Å². The van der Waals surface area contributed by atoms with E-state index >= 15 is 0 Å². The van der Waals surface area contributed by atoms with Gasteiger partial charge in [0.15, 0.2) is 0 Å². The summed E-state index contributed by atoms with van der Waals surface area (Å²) in [6.45, 7) is 4.24. The third kappa shape index (κ3) is 5.32. The van der Waals surface area contributed by atoms with Gasteiger partial charge in [-0.2, -0.15) is 0 Å². The van der Waals surface area contributed by atoms with Gasteiger partial charge in [0.1, 0.15) is 0 Å².